The first kappa shape index (κ1) is 17.8. The van der Waals surface area contributed by atoms with E-state index >= 15 is 0 Å². The lowest BCUT2D eigenvalue weighted by molar-refractivity contribution is -0.113. The van der Waals surface area contributed by atoms with Crippen LogP contribution in [0.15, 0.2) is 42.1 Å². The monoisotopic (exact) mass is 394 g/mol. The van der Waals surface area contributed by atoms with Crippen LogP contribution in [0.25, 0.3) is 11.0 Å². The van der Waals surface area contributed by atoms with E-state index in [2.05, 4.69) is 27.5 Å². The summed E-state index contributed by atoms with van der Waals surface area (Å²) in [6, 6.07) is 10.2. The standard InChI is InChI=1S/C20H18N4OS2/c1-2-10-24-16-8-4-3-7-15(16)22-20(24)26-12-18(25)23-19-14(11-21)13-6-5-9-17(13)27-19/h2-4,7-8H,1,5-6,9-10,12H2,(H,23,25). The van der Waals surface area contributed by atoms with E-state index in [9.17, 15) is 10.1 Å². The second-order valence-corrected chi connectivity index (χ2v) is 8.34. The van der Waals surface area contributed by atoms with E-state index in [0.717, 1.165) is 41.0 Å². The Kier molecular flexibility index (Phi) is 5.01. The van der Waals surface area contributed by atoms with Crippen molar-refractivity contribution in [1.29, 1.82) is 5.26 Å². The van der Waals surface area contributed by atoms with Gasteiger partial charge in [-0.25, -0.2) is 4.98 Å². The number of rotatable bonds is 6. The van der Waals surface area contributed by atoms with Gasteiger partial charge in [0.05, 0.1) is 22.3 Å². The number of amides is 1. The fourth-order valence-corrected chi connectivity index (χ4v) is 5.45. The van der Waals surface area contributed by atoms with Crippen molar-refractivity contribution in [2.45, 2.75) is 31.0 Å². The summed E-state index contributed by atoms with van der Waals surface area (Å²) in [6.45, 7) is 4.45. The Balaban J connectivity index is 1.49. The number of allylic oxidation sites excluding steroid dienone is 1. The highest BCUT2D eigenvalue weighted by atomic mass is 32.2. The van der Waals surface area contributed by atoms with E-state index in [4.69, 9.17) is 0 Å². The van der Waals surface area contributed by atoms with Gasteiger partial charge in [0.25, 0.3) is 0 Å². The molecule has 1 aromatic carbocycles. The highest BCUT2D eigenvalue weighted by molar-refractivity contribution is 7.99. The molecule has 0 unspecified atom stereocenters. The van der Waals surface area contributed by atoms with E-state index in [1.54, 1.807) is 11.3 Å². The van der Waals surface area contributed by atoms with Gasteiger partial charge in [-0.05, 0) is 37.0 Å². The zero-order valence-corrected chi connectivity index (χ0v) is 16.3. The third-order valence-corrected chi connectivity index (χ3v) is 6.73. The second-order valence-electron chi connectivity index (χ2n) is 6.29. The van der Waals surface area contributed by atoms with Gasteiger partial charge in [0.1, 0.15) is 11.1 Å². The summed E-state index contributed by atoms with van der Waals surface area (Å²) in [5.74, 6) is 0.127. The fourth-order valence-electron chi connectivity index (χ4n) is 3.37. The van der Waals surface area contributed by atoms with Crippen molar-refractivity contribution in [1.82, 2.24) is 9.55 Å². The van der Waals surface area contributed by atoms with Gasteiger partial charge in [-0.15, -0.1) is 17.9 Å². The van der Waals surface area contributed by atoms with Crippen LogP contribution in [0.3, 0.4) is 0 Å². The maximum Gasteiger partial charge on any atom is 0.235 e. The number of carbonyl (C=O) groups is 1. The Bertz CT molecular complexity index is 1070. The number of thiophene rings is 1. The van der Waals surface area contributed by atoms with Crippen LogP contribution in [0.2, 0.25) is 0 Å². The van der Waals surface area contributed by atoms with E-state index in [-0.39, 0.29) is 11.7 Å². The molecule has 0 aliphatic heterocycles. The molecule has 0 saturated carbocycles. The highest BCUT2D eigenvalue weighted by Gasteiger charge is 2.23. The van der Waals surface area contributed by atoms with Crippen molar-refractivity contribution in [3.8, 4) is 6.07 Å². The van der Waals surface area contributed by atoms with Crippen molar-refractivity contribution >= 4 is 45.0 Å². The summed E-state index contributed by atoms with van der Waals surface area (Å²) in [4.78, 5) is 18.3. The Labute approximate surface area is 165 Å². The molecule has 0 atom stereocenters. The molecule has 2 heterocycles. The van der Waals surface area contributed by atoms with Crippen LogP contribution in [0.1, 0.15) is 22.4 Å². The molecule has 136 valence electrons. The van der Waals surface area contributed by atoms with Crippen LogP contribution in [-0.4, -0.2) is 21.2 Å². The molecule has 2 aromatic heterocycles. The zero-order valence-electron chi connectivity index (χ0n) is 14.7. The number of imidazole rings is 1. The quantitative estimate of drug-likeness (QED) is 0.498. The number of hydrogen-bond acceptors (Lipinski definition) is 5. The average molecular weight is 395 g/mol. The number of fused-ring (bicyclic) bond motifs is 2. The van der Waals surface area contributed by atoms with Crippen LogP contribution in [0.4, 0.5) is 5.00 Å². The van der Waals surface area contributed by atoms with Gasteiger partial charge in [-0.1, -0.05) is 30.0 Å². The maximum atomic E-state index is 12.5. The molecule has 1 amide bonds. The number of nitriles is 1. The number of nitrogens with zero attached hydrogens (tertiary/aromatic N) is 3. The number of carbonyl (C=O) groups excluding carboxylic acids is 1. The lowest BCUT2D eigenvalue weighted by Gasteiger charge is -2.06. The molecular weight excluding hydrogens is 376 g/mol. The van der Waals surface area contributed by atoms with Crippen LogP contribution in [-0.2, 0) is 24.2 Å². The van der Waals surface area contributed by atoms with E-state index in [0.29, 0.717) is 17.1 Å². The van der Waals surface area contributed by atoms with Gasteiger partial charge < -0.3 is 9.88 Å². The number of anilines is 1. The summed E-state index contributed by atoms with van der Waals surface area (Å²) < 4.78 is 2.06. The molecule has 5 nitrogen and oxygen atoms in total. The summed E-state index contributed by atoms with van der Waals surface area (Å²) in [5, 5.41) is 13.9. The molecule has 0 radical (unpaired) electrons. The molecule has 1 aliphatic carbocycles. The van der Waals surface area contributed by atoms with E-state index in [1.165, 1.54) is 16.6 Å². The number of benzene rings is 1. The maximum absolute atomic E-state index is 12.5. The third kappa shape index (κ3) is 3.38. The molecule has 0 spiro atoms. The minimum Gasteiger partial charge on any atom is -0.316 e. The average Bonchev–Trinajstić information content (AvgIpc) is 3.33. The topological polar surface area (TPSA) is 70.7 Å². The number of hydrogen-bond donors (Lipinski definition) is 1. The molecule has 1 N–H and O–H groups in total. The normalized spacial score (nSPS) is 12.7. The van der Waals surface area contributed by atoms with Crippen molar-refractivity contribution < 1.29 is 4.79 Å². The summed E-state index contributed by atoms with van der Waals surface area (Å²) in [7, 11) is 0. The molecule has 27 heavy (non-hydrogen) atoms. The number of aromatic nitrogens is 2. The Morgan fingerprint density at radius 3 is 3.11 bits per heavy atom. The van der Waals surface area contributed by atoms with Crippen molar-refractivity contribution in [2.75, 3.05) is 11.1 Å². The van der Waals surface area contributed by atoms with Gasteiger partial charge in [0.2, 0.25) is 5.91 Å². The highest BCUT2D eigenvalue weighted by Crippen LogP contribution is 2.38. The van der Waals surface area contributed by atoms with Crippen LogP contribution in [0, 0.1) is 11.3 Å². The molecular formula is C20H18N4OS2. The van der Waals surface area contributed by atoms with Crippen LogP contribution < -0.4 is 5.32 Å². The Hall–Kier alpha value is -2.56. The lowest BCUT2D eigenvalue weighted by atomic mass is 10.1. The van der Waals surface area contributed by atoms with Gasteiger partial charge >= 0.3 is 0 Å². The van der Waals surface area contributed by atoms with Crippen LogP contribution >= 0.6 is 23.1 Å². The molecule has 7 heteroatoms. The van der Waals surface area contributed by atoms with E-state index < -0.39 is 0 Å². The first-order chi connectivity index (χ1) is 13.2. The Morgan fingerprint density at radius 2 is 2.30 bits per heavy atom. The summed E-state index contributed by atoms with van der Waals surface area (Å²) >= 11 is 2.94. The summed E-state index contributed by atoms with van der Waals surface area (Å²) in [5.41, 5.74) is 3.70. The largest absolute Gasteiger partial charge is 0.316 e. The molecule has 3 aromatic rings. The first-order valence-electron chi connectivity index (χ1n) is 8.74. The Morgan fingerprint density at radius 1 is 1.44 bits per heavy atom. The molecule has 1 aliphatic rings. The lowest BCUT2D eigenvalue weighted by Crippen LogP contribution is -2.14. The SMILES string of the molecule is C=CCn1c(SCC(=O)Nc2sc3c(c2C#N)CCC3)nc2ccccc21. The third-order valence-electron chi connectivity index (χ3n) is 4.55. The molecule has 0 bridgehead atoms. The fraction of sp³-hybridized carbons (Fsp3) is 0.250. The van der Waals surface area contributed by atoms with Crippen molar-refractivity contribution in [2.24, 2.45) is 0 Å². The number of nitrogens with one attached hydrogen (secondary N) is 1. The minimum absolute atomic E-state index is 0.117. The predicted molar refractivity (Wildman–Crippen MR) is 110 cm³/mol. The van der Waals surface area contributed by atoms with Gasteiger partial charge in [-0.2, -0.15) is 5.26 Å². The molecule has 0 fully saturated rings. The molecule has 4 rings (SSSR count). The number of para-hydroxylation sites is 2. The smallest absolute Gasteiger partial charge is 0.235 e. The number of thioether (sulfide) groups is 1. The first-order valence-corrected chi connectivity index (χ1v) is 10.5. The summed E-state index contributed by atoms with van der Waals surface area (Å²) in [6.07, 6.45) is 4.86. The molecule has 0 saturated heterocycles. The van der Waals surface area contributed by atoms with Crippen molar-refractivity contribution in [3.05, 3.63) is 52.9 Å². The van der Waals surface area contributed by atoms with Crippen molar-refractivity contribution in [3.63, 3.8) is 0 Å². The second kappa shape index (κ2) is 7.59. The minimum atomic E-state index is -0.117. The van der Waals surface area contributed by atoms with Gasteiger partial charge in [-0.3, -0.25) is 4.79 Å². The predicted octanol–water partition coefficient (Wildman–Crippen LogP) is 4.37. The van der Waals surface area contributed by atoms with Gasteiger partial charge in [0.15, 0.2) is 5.16 Å². The zero-order chi connectivity index (χ0) is 18.8. The van der Waals surface area contributed by atoms with Crippen LogP contribution in [0.5, 0.6) is 0 Å². The van der Waals surface area contributed by atoms with E-state index in [1.807, 2.05) is 30.3 Å². The van der Waals surface area contributed by atoms with Gasteiger partial charge in [0, 0.05) is 11.4 Å². The number of aryl methyl sites for hydroxylation is 1.